The van der Waals surface area contributed by atoms with Crippen LogP contribution in [-0.4, -0.2) is 62.6 Å². The van der Waals surface area contributed by atoms with Crippen LogP contribution in [0.5, 0.6) is 0 Å². The zero-order valence-electron chi connectivity index (χ0n) is 19.4. The van der Waals surface area contributed by atoms with Gasteiger partial charge in [-0.15, -0.1) is 0 Å². The van der Waals surface area contributed by atoms with Gasteiger partial charge in [0.2, 0.25) is 0 Å². The molecular weight excluding hydrogens is 488 g/mol. The van der Waals surface area contributed by atoms with E-state index in [0.29, 0.717) is 11.6 Å². The molecule has 3 atom stereocenters. The number of aryl methyl sites for hydroxylation is 1. The molecule has 2 aromatic heterocycles. The molecule has 36 heavy (non-hydrogen) atoms. The summed E-state index contributed by atoms with van der Waals surface area (Å²) in [6.07, 6.45) is -3.92. The van der Waals surface area contributed by atoms with Gasteiger partial charge in [-0.05, 0) is 44.1 Å². The third kappa shape index (κ3) is 5.18. The van der Waals surface area contributed by atoms with Crippen LogP contribution < -0.4 is 10.6 Å². The Hall–Kier alpha value is -3.16. The molecule has 2 heterocycles. The molecule has 0 saturated heterocycles. The number of nitrogens with zero attached hydrogens (tertiary/aromatic N) is 3. The second kappa shape index (κ2) is 9.05. The van der Waals surface area contributed by atoms with E-state index in [1.54, 1.807) is 6.07 Å². The van der Waals surface area contributed by atoms with Gasteiger partial charge < -0.3 is 20.1 Å². The normalized spacial score (nSPS) is 28.8. The molecule has 2 amide bonds. The molecule has 4 saturated carbocycles. The van der Waals surface area contributed by atoms with E-state index in [1.807, 2.05) is 0 Å². The fraction of sp³-hybridized carbons (Fsp3) is 0.636. The lowest BCUT2D eigenvalue weighted by Crippen LogP contribution is -2.68. The predicted octanol–water partition coefficient (Wildman–Crippen LogP) is 3.34. The number of ether oxygens (including phenoxy) is 2. The summed E-state index contributed by atoms with van der Waals surface area (Å²) in [6, 6.07) is 2.90. The number of amides is 2. The molecule has 0 aromatic carbocycles. The number of H-pyrrole nitrogens is 1. The van der Waals surface area contributed by atoms with Gasteiger partial charge in [-0.1, -0.05) is 0 Å². The van der Waals surface area contributed by atoms with Gasteiger partial charge in [-0.2, -0.15) is 23.4 Å². The van der Waals surface area contributed by atoms with Crippen LogP contribution in [0.15, 0.2) is 12.1 Å². The van der Waals surface area contributed by atoms with Gasteiger partial charge in [0.1, 0.15) is 24.6 Å². The topological polar surface area (TPSA) is 123 Å². The number of anilines is 1. The number of halogens is 4. The highest BCUT2D eigenvalue weighted by atomic mass is 19.4. The first-order chi connectivity index (χ1) is 17.0. The highest BCUT2D eigenvalue weighted by molar-refractivity contribution is 6.02. The Morgan fingerprint density at radius 1 is 1.25 bits per heavy atom. The van der Waals surface area contributed by atoms with Crippen LogP contribution in [0, 0.1) is 5.92 Å². The van der Waals surface area contributed by atoms with Gasteiger partial charge in [0, 0.05) is 30.3 Å². The third-order valence-corrected chi connectivity index (χ3v) is 7.05. The first-order valence-electron chi connectivity index (χ1n) is 11.7. The van der Waals surface area contributed by atoms with Crippen molar-refractivity contribution in [3.8, 4) is 0 Å². The monoisotopic (exact) mass is 514 g/mol. The maximum absolute atomic E-state index is 14.6. The van der Waals surface area contributed by atoms with Crippen LogP contribution in [0.25, 0.3) is 0 Å². The lowest BCUT2D eigenvalue weighted by molar-refractivity contribution is -0.176. The molecule has 14 heteroatoms. The zero-order valence-corrected chi connectivity index (χ0v) is 19.4. The van der Waals surface area contributed by atoms with Gasteiger partial charge in [-0.25, -0.2) is 9.18 Å². The number of aromatic nitrogens is 4. The largest absolute Gasteiger partial charge is 0.443 e. The van der Waals surface area contributed by atoms with Crippen molar-refractivity contribution in [1.82, 2.24) is 25.3 Å². The van der Waals surface area contributed by atoms with Crippen LogP contribution in [0.3, 0.4) is 0 Å². The number of rotatable bonds is 8. The Labute approximate surface area is 203 Å². The molecule has 0 unspecified atom stereocenters. The number of aromatic amines is 1. The second-order valence-corrected chi connectivity index (χ2v) is 9.93. The van der Waals surface area contributed by atoms with Crippen molar-refractivity contribution in [1.29, 1.82) is 0 Å². The molecular formula is C22H26F4N6O4. The summed E-state index contributed by atoms with van der Waals surface area (Å²) < 4.78 is 62.4. The SMILES string of the molecule is Cn1nc(COCC(F)(F)F)cc1C(=O)Nc1cc([C@@H]2C[C@H](F)[C@H](OC(=O)NC34CC(C3)C4)C2)[nH]n1. The molecule has 0 radical (unpaired) electrons. The number of hydrogen-bond donors (Lipinski definition) is 3. The van der Waals surface area contributed by atoms with E-state index in [1.165, 1.54) is 17.8 Å². The molecule has 2 bridgehead atoms. The standard InChI is InChI=1S/C22H26F4N6O4/c1-32-16(4-13(31-32)9-35-10-22(24,25)26)19(33)27-18-5-15(29-30-18)12-2-14(23)17(3-12)36-20(34)28-21-6-11(7-21)8-21/h4-5,11-12,14,17H,2-3,6-10H2,1H3,(H,28,34)(H2,27,29,30,33)/t11?,12-,14+,17-,21?/m1/s1. The van der Waals surface area contributed by atoms with Crippen molar-refractivity contribution in [2.24, 2.45) is 13.0 Å². The number of nitrogens with one attached hydrogen (secondary N) is 3. The summed E-state index contributed by atoms with van der Waals surface area (Å²) in [5, 5.41) is 16.3. The van der Waals surface area contributed by atoms with Gasteiger partial charge in [0.15, 0.2) is 5.82 Å². The van der Waals surface area contributed by atoms with Crippen molar-refractivity contribution in [2.45, 2.75) is 68.6 Å². The van der Waals surface area contributed by atoms with Crippen molar-refractivity contribution in [3.05, 3.63) is 29.2 Å². The first kappa shape index (κ1) is 24.5. The summed E-state index contributed by atoms with van der Waals surface area (Å²) in [4.78, 5) is 24.8. The maximum Gasteiger partial charge on any atom is 0.411 e. The van der Waals surface area contributed by atoms with Crippen molar-refractivity contribution < 1.29 is 36.6 Å². The molecule has 6 rings (SSSR count). The number of alkyl carbamates (subject to hydrolysis) is 1. The fourth-order valence-electron chi connectivity index (χ4n) is 5.21. The number of carbonyl (C=O) groups excluding carboxylic acids is 2. The lowest BCUT2D eigenvalue weighted by Gasteiger charge is -2.61. The Morgan fingerprint density at radius 3 is 2.67 bits per heavy atom. The second-order valence-electron chi connectivity index (χ2n) is 9.93. The Morgan fingerprint density at radius 2 is 2.00 bits per heavy atom. The lowest BCUT2D eigenvalue weighted by atomic mass is 9.50. The highest BCUT2D eigenvalue weighted by Gasteiger charge is 2.58. The van der Waals surface area contributed by atoms with E-state index >= 15 is 0 Å². The molecule has 4 aliphatic carbocycles. The first-order valence-corrected chi connectivity index (χ1v) is 11.7. The van der Waals surface area contributed by atoms with Gasteiger partial charge in [0.05, 0.1) is 12.3 Å². The van der Waals surface area contributed by atoms with Crippen LogP contribution >= 0.6 is 0 Å². The third-order valence-electron chi connectivity index (χ3n) is 7.05. The molecule has 0 aliphatic heterocycles. The van der Waals surface area contributed by atoms with E-state index in [9.17, 15) is 27.2 Å². The molecule has 10 nitrogen and oxygen atoms in total. The van der Waals surface area contributed by atoms with E-state index in [0.717, 1.165) is 19.3 Å². The Bertz CT molecular complexity index is 1130. The van der Waals surface area contributed by atoms with Crippen molar-refractivity contribution in [3.63, 3.8) is 0 Å². The fourth-order valence-corrected chi connectivity index (χ4v) is 5.21. The summed E-state index contributed by atoms with van der Waals surface area (Å²) in [5.74, 6) is 0.0287. The smallest absolute Gasteiger partial charge is 0.411 e. The van der Waals surface area contributed by atoms with E-state index in [4.69, 9.17) is 4.74 Å². The van der Waals surface area contributed by atoms with Gasteiger partial charge in [-0.3, -0.25) is 14.6 Å². The van der Waals surface area contributed by atoms with Crippen LogP contribution in [0.4, 0.5) is 28.2 Å². The highest BCUT2D eigenvalue weighted by Crippen LogP contribution is 2.57. The number of carbonyl (C=O) groups is 2. The summed E-state index contributed by atoms with van der Waals surface area (Å²) in [5.41, 5.74) is 0.703. The molecule has 0 spiro atoms. The predicted molar refractivity (Wildman–Crippen MR) is 116 cm³/mol. The minimum Gasteiger partial charge on any atom is -0.443 e. The van der Waals surface area contributed by atoms with Crippen molar-refractivity contribution in [2.75, 3.05) is 11.9 Å². The maximum atomic E-state index is 14.6. The van der Waals surface area contributed by atoms with Crippen LogP contribution in [0.2, 0.25) is 0 Å². The van der Waals surface area contributed by atoms with Gasteiger partial charge in [0.25, 0.3) is 5.91 Å². The number of alkyl halides is 4. The molecule has 4 fully saturated rings. The van der Waals surface area contributed by atoms with E-state index < -0.39 is 43.7 Å². The Balaban J connectivity index is 1.13. The average molecular weight is 514 g/mol. The molecule has 4 aliphatic rings. The summed E-state index contributed by atoms with van der Waals surface area (Å²) >= 11 is 0. The average Bonchev–Trinajstić information content (AvgIpc) is 3.42. The van der Waals surface area contributed by atoms with E-state index in [2.05, 4.69) is 30.7 Å². The summed E-state index contributed by atoms with van der Waals surface area (Å²) in [7, 11) is 1.47. The molecule has 3 N–H and O–H groups in total. The quantitative estimate of drug-likeness (QED) is 0.465. The zero-order chi connectivity index (χ0) is 25.7. The van der Waals surface area contributed by atoms with Crippen LogP contribution in [-0.2, 0) is 23.1 Å². The minimum absolute atomic E-state index is 0.0954. The van der Waals surface area contributed by atoms with E-state index in [-0.39, 0.29) is 41.5 Å². The van der Waals surface area contributed by atoms with Gasteiger partial charge >= 0.3 is 12.3 Å². The number of hydrogen-bond acceptors (Lipinski definition) is 6. The Kier molecular flexibility index (Phi) is 6.17. The van der Waals surface area contributed by atoms with Crippen LogP contribution in [0.1, 0.15) is 59.9 Å². The molecule has 196 valence electrons. The minimum atomic E-state index is -4.46. The van der Waals surface area contributed by atoms with Crippen molar-refractivity contribution >= 4 is 17.8 Å². The molecule has 2 aromatic rings. The summed E-state index contributed by atoms with van der Waals surface area (Å²) in [6.45, 7) is -1.82.